The van der Waals surface area contributed by atoms with Crippen molar-refractivity contribution >= 4 is 5.69 Å². The summed E-state index contributed by atoms with van der Waals surface area (Å²) in [5.74, 6) is 0.925. The van der Waals surface area contributed by atoms with Gasteiger partial charge in [-0.1, -0.05) is 30.3 Å². The number of methoxy groups -OCH3 is 1. The van der Waals surface area contributed by atoms with Crippen LogP contribution in [0.4, 0.5) is 5.69 Å². The highest BCUT2D eigenvalue weighted by atomic mass is 16.6. The van der Waals surface area contributed by atoms with Crippen LogP contribution >= 0.6 is 0 Å². The fourth-order valence-electron chi connectivity index (χ4n) is 2.46. The Morgan fingerprint density at radius 2 is 1.91 bits per heavy atom. The van der Waals surface area contributed by atoms with Gasteiger partial charge < -0.3 is 9.30 Å². The van der Waals surface area contributed by atoms with Gasteiger partial charge in [0.1, 0.15) is 6.33 Å². The van der Waals surface area contributed by atoms with Gasteiger partial charge in [0.2, 0.25) is 0 Å². The summed E-state index contributed by atoms with van der Waals surface area (Å²) in [5, 5.41) is 19.2. The van der Waals surface area contributed by atoms with Gasteiger partial charge in [-0.3, -0.25) is 10.1 Å². The third kappa shape index (κ3) is 2.64. The summed E-state index contributed by atoms with van der Waals surface area (Å²) in [6, 6.07) is 12.5. The van der Waals surface area contributed by atoms with E-state index in [2.05, 4.69) is 10.2 Å². The summed E-state index contributed by atoms with van der Waals surface area (Å²) in [5.41, 5.74) is 2.34. The van der Waals surface area contributed by atoms with Crippen LogP contribution in [0.3, 0.4) is 0 Å². The van der Waals surface area contributed by atoms with E-state index < -0.39 is 4.92 Å². The molecular formula is C16H14N4O3. The van der Waals surface area contributed by atoms with E-state index in [0.717, 1.165) is 16.7 Å². The molecule has 1 heterocycles. The third-order valence-corrected chi connectivity index (χ3v) is 3.57. The number of nitro benzene ring substituents is 1. The molecule has 0 N–H and O–H groups in total. The van der Waals surface area contributed by atoms with Crippen LogP contribution in [-0.2, 0) is 7.05 Å². The van der Waals surface area contributed by atoms with Crippen molar-refractivity contribution in [2.45, 2.75) is 0 Å². The minimum atomic E-state index is -0.451. The molecule has 116 valence electrons. The molecule has 23 heavy (non-hydrogen) atoms. The molecule has 0 saturated carbocycles. The monoisotopic (exact) mass is 310 g/mol. The first kappa shape index (κ1) is 14.7. The van der Waals surface area contributed by atoms with Gasteiger partial charge >= 0.3 is 5.69 Å². The Balaban J connectivity index is 2.19. The lowest BCUT2D eigenvalue weighted by atomic mass is 9.98. The highest BCUT2D eigenvalue weighted by molar-refractivity contribution is 5.82. The summed E-state index contributed by atoms with van der Waals surface area (Å²) in [4.78, 5) is 10.8. The number of hydrogen-bond donors (Lipinski definition) is 0. The van der Waals surface area contributed by atoms with Crippen molar-refractivity contribution in [2.75, 3.05) is 7.11 Å². The second kappa shape index (κ2) is 5.88. The maximum absolute atomic E-state index is 11.2. The summed E-state index contributed by atoms with van der Waals surface area (Å²) in [7, 11) is 3.26. The lowest BCUT2D eigenvalue weighted by Crippen LogP contribution is -1.96. The Labute approximate surface area is 132 Å². The molecule has 0 atom stereocenters. The molecule has 0 bridgehead atoms. The number of rotatable bonds is 4. The first-order valence-corrected chi connectivity index (χ1v) is 6.88. The highest BCUT2D eigenvalue weighted by Gasteiger charge is 2.18. The lowest BCUT2D eigenvalue weighted by molar-refractivity contribution is -0.385. The fraction of sp³-hybridized carbons (Fsp3) is 0.125. The number of hydrogen-bond acceptors (Lipinski definition) is 5. The van der Waals surface area contributed by atoms with Crippen LogP contribution in [0.15, 0.2) is 48.8 Å². The second-order valence-electron chi connectivity index (χ2n) is 4.95. The lowest BCUT2D eigenvalue weighted by Gasteiger charge is -2.10. The fourth-order valence-corrected chi connectivity index (χ4v) is 2.46. The summed E-state index contributed by atoms with van der Waals surface area (Å²) in [6.07, 6.45) is 1.61. The van der Waals surface area contributed by atoms with E-state index in [1.807, 2.05) is 31.3 Å². The van der Waals surface area contributed by atoms with Crippen molar-refractivity contribution in [2.24, 2.45) is 7.05 Å². The smallest absolute Gasteiger partial charge is 0.311 e. The van der Waals surface area contributed by atoms with Crippen molar-refractivity contribution in [1.29, 1.82) is 0 Å². The molecule has 1 aromatic heterocycles. The number of nitrogens with zero attached hydrogens (tertiary/aromatic N) is 4. The van der Waals surface area contributed by atoms with E-state index in [4.69, 9.17) is 4.74 Å². The first-order chi connectivity index (χ1) is 11.1. The van der Waals surface area contributed by atoms with Crippen LogP contribution in [0.2, 0.25) is 0 Å². The Morgan fingerprint density at radius 1 is 1.17 bits per heavy atom. The van der Waals surface area contributed by atoms with Gasteiger partial charge in [-0.15, -0.1) is 10.2 Å². The van der Waals surface area contributed by atoms with Crippen molar-refractivity contribution in [3.05, 3.63) is 58.9 Å². The quantitative estimate of drug-likeness (QED) is 0.546. The predicted molar refractivity (Wildman–Crippen MR) is 85.1 cm³/mol. The molecule has 7 nitrogen and oxygen atoms in total. The summed E-state index contributed by atoms with van der Waals surface area (Å²) < 4.78 is 6.85. The van der Waals surface area contributed by atoms with E-state index >= 15 is 0 Å². The minimum Gasteiger partial charge on any atom is -0.490 e. The maximum atomic E-state index is 11.2. The Kier molecular flexibility index (Phi) is 3.76. The number of benzene rings is 2. The molecule has 0 unspecified atom stereocenters. The van der Waals surface area contributed by atoms with Crippen molar-refractivity contribution < 1.29 is 9.66 Å². The molecule has 0 radical (unpaired) electrons. The van der Waals surface area contributed by atoms with Crippen molar-refractivity contribution in [1.82, 2.24) is 14.8 Å². The van der Waals surface area contributed by atoms with Gasteiger partial charge in [0, 0.05) is 18.7 Å². The SMILES string of the molecule is COc1ccc(-c2ccccc2-c2nncn2C)cc1[N+](=O)[O-]. The van der Waals surface area contributed by atoms with E-state index in [1.54, 1.807) is 23.0 Å². The second-order valence-corrected chi connectivity index (χ2v) is 4.95. The average Bonchev–Trinajstić information content (AvgIpc) is 3.00. The maximum Gasteiger partial charge on any atom is 0.311 e. The first-order valence-electron chi connectivity index (χ1n) is 6.88. The zero-order valence-electron chi connectivity index (χ0n) is 12.6. The normalized spacial score (nSPS) is 10.5. The molecule has 0 aliphatic rings. The molecule has 0 amide bonds. The summed E-state index contributed by atoms with van der Waals surface area (Å²) in [6.45, 7) is 0. The third-order valence-electron chi connectivity index (χ3n) is 3.57. The van der Waals surface area contributed by atoms with Crippen LogP contribution < -0.4 is 4.74 Å². The molecule has 0 spiro atoms. The molecule has 3 aromatic rings. The summed E-state index contributed by atoms with van der Waals surface area (Å²) >= 11 is 0. The minimum absolute atomic E-state index is 0.0715. The van der Waals surface area contributed by atoms with Crippen LogP contribution in [0.25, 0.3) is 22.5 Å². The van der Waals surface area contributed by atoms with E-state index in [9.17, 15) is 10.1 Å². The molecular weight excluding hydrogens is 296 g/mol. The predicted octanol–water partition coefficient (Wildman–Crippen LogP) is 3.07. The van der Waals surface area contributed by atoms with Crippen molar-refractivity contribution in [3.63, 3.8) is 0 Å². The number of aryl methyl sites for hydroxylation is 1. The topological polar surface area (TPSA) is 83.1 Å². The van der Waals surface area contributed by atoms with Gasteiger partial charge in [-0.2, -0.15) is 0 Å². The molecule has 0 aliphatic heterocycles. The van der Waals surface area contributed by atoms with Gasteiger partial charge in [0.05, 0.1) is 12.0 Å². The zero-order chi connectivity index (χ0) is 16.4. The average molecular weight is 310 g/mol. The largest absolute Gasteiger partial charge is 0.490 e. The van der Waals surface area contributed by atoms with Crippen LogP contribution in [-0.4, -0.2) is 26.8 Å². The van der Waals surface area contributed by atoms with Gasteiger partial charge in [0.25, 0.3) is 0 Å². The Hall–Kier alpha value is -3.22. The van der Waals surface area contributed by atoms with E-state index in [0.29, 0.717) is 5.82 Å². The van der Waals surface area contributed by atoms with Crippen LogP contribution in [0, 0.1) is 10.1 Å². The van der Waals surface area contributed by atoms with Crippen LogP contribution in [0.1, 0.15) is 0 Å². The number of ether oxygens (including phenoxy) is 1. The van der Waals surface area contributed by atoms with Gasteiger partial charge in [-0.05, 0) is 17.2 Å². The number of aromatic nitrogens is 3. The highest BCUT2D eigenvalue weighted by Crippen LogP contribution is 2.36. The molecule has 7 heteroatoms. The molecule has 0 saturated heterocycles. The molecule has 0 aliphatic carbocycles. The molecule has 3 rings (SSSR count). The van der Waals surface area contributed by atoms with Gasteiger partial charge in [-0.25, -0.2) is 0 Å². The van der Waals surface area contributed by atoms with Crippen LogP contribution in [0.5, 0.6) is 5.75 Å². The zero-order valence-corrected chi connectivity index (χ0v) is 12.6. The van der Waals surface area contributed by atoms with E-state index in [-0.39, 0.29) is 11.4 Å². The molecule has 0 fully saturated rings. The standard InChI is InChI=1S/C16H14N4O3/c1-19-10-17-18-16(19)13-6-4-3-5-12(13)11-7-8-15(23-2)14(9-11)20(21)22/h3-10H,1-2H3. The van der Waals surface area contributed by atoms with Crippen molar-refractivity contribution in [3.8, 4) is 28.3 Å². The van der Waals surface area contributed by atoms with Gasteiger partial charge in [0.15, 0.2) is 11.6 Å². The molecule has 2 aromatic carbocycles. The Morgan fingerprint density at radius 3 is 2.52 bits per heavy atom. The van der Waals surface area contributed by atoms with E-state index in [1.165, 1.54) is 13.2 Å². The Bertz CT molecular complexity index is 873. The number of nitro groups is 1.